The van der Waals surface area contributed by atoms with E-state index in [0.29, 0.717) is 0 Å². The monoisotopic (exact) mass is 256 g/mol. The Hall–Kier alpha value is -0.190. The molecule has 4 heteroatoms. The lowest BCUT2D eigenvalue weighted by atomic mass is 10.3. The molecule has 0 fully saturated rings. The van der Waals surface area contributed by atoms with Crippen LogP contribution < -0.4 is 0 Å². The summed E-state index contributed by atoms with van der Waals surface area (Å²) in [5, 5.41) is 0. The predicted octanol–water partition coefficient (Wildman–Crippen LogP) is 2.61. The molecule has 1 aromatic heterocycles. The molecule has 1 aromatic rings. The van der Waals surface area contributed by atoms with E-state index in [2.05, 4.69) is 34.5 Å². The second-order valence-corrected chi connectivity index (χ2v) is 5.55. The van der Waals surface area contributed by atoms with Gasteiger partial charge in [0.1, 0.15) is 0 Å². The minimum Gasteiger partial charge on any atom is -0.296 e. The van der Waals surface area contributed by atoms with Gasteiger partial charge >= 0.3 is 0 Å². The lowest BCUT2D eigenvalue weighted by molar-refractivity contribution is 0.297. The number of hydrogen-bond donors (Lipinski definition) is 0. The number of nitrogens with zero attached hydrogens (tertiary/aromatic N) is 2. The number of hydrogen-bond acceptors (Lipinski definition) is 4. The van der Waals surface area contributed by atoms with Crippen molar-refractivity contribution >= 4 is 23.5 Å². The van der Waals surface area contributed by atoms with Crippen LogP contribution in [0.25, 0.3) is 0 Å². The molecular weight excluding hydrogens is 236 g/mol. The molecule has 0 spiro atoms. The third kappa shape index (κ3) is 5.77. The molecule has 0 N–H and O–H groups in total. The molecule has 0 aliphatic carbocycles. The van der Waals surface area contributed by atoms with E-state index in [1.807, 2.05) is 35.8 Å². The first-order chi connectivity index (χ1) is 7.86. The molecule has 0 atom stereocenters. The van der Waals surface area contributed by atoms with Gasteiger partial charge in [0.05, 0.1) is 5.69 Å². The van der Waals surface area contributed by atoms with Crippen molar-refractivity contribution in [3.05, 3.63) is 30.1 Å². The third-order valence-corrected chi connectivity index (χ3v) is 3.52. The lowest BCUT2D eigenvalue weighted by Gasteiger charge is -2.20. The van der Waals surface area contributed by atoms with Gasteiger partial charge in [0.15, 0.2) is 0 Å². The quantitative estimate of drug-likeness (QED) is 0.710. The molecule has 1 heterocycles. The van der Waals surface area contributed by atoms with Gasteiger partial charge in [-0.05, 0) is 24.6 Å². The van der Waals surface area contributed by atoms with Gasteiger partial charge in [0.25, 0.3) is 0 Å². The molecule has 0 aromatic carbocycles. The Kier molecular flexibility index (Phi) is 7.72. The summed E-state index contributed by atoms with van der Waals surface area (Å²) >= 11 is 3.81. The van der Waals surface area contributed by atoms with Gasteiger partial charge < -0.3 is 0 Å². The highest BCUT2D eigenvalue weighted by molar-refractivity contribution is 7.98. The van der Waals surface area contributed by atoms with Crippen LogP contribution in [0.15, 0.2) is 24.4 Å². The van der Waals surface area contributed by atoms with Crippen LogP contribution >= 0.6 is 23.5 Å². The highest BCUT2D eigenvalue weighted by atomic mass is 32.2. The molecule has 16 heavy (non-hydrogen) atoms. The topological polar surface area (TPSA) is 16.1 Å². The van der Waals surface area contributed by atoms with Gasteiger partial charge in [-0.3, -0.25) is 9.88 Å². The largest absolute Gasteiger partial charge is 0.296 e. The van der Waals surface area contributed by atoms with Gasteiger partial charge in [-0.2, -0.15) is 23.5 Å². The highest BCUT2D eigenvalue weighted by Gasteiger charge is 2.05. The zero-order chi connectivity index (χ0) is 11.6. The zero-order valence-electron chi connectivity index (χ0n) is 10.1. The van der Waals surface area contributed by atoms with E-state index in [9.17, 15) is 0 Å². The van der Waals surface area contributed by atoms with Crippen LogP contribution in [0.1, 0.15) is 5.69 Å². The summed E-state index contributed by atoms with van der Waals surface area (Å²) in [6.07, 6.45) is 6.19. The fourth-order valence-corrected chi connectivity index (χ4v) is 2.31. The molecule has 0 aliphatic rings. The smallest absolute Gasteiger partial charge is 0.0543 e. The second-order valence-electron chi connectivity index (χ2n) is 3.58. The SMILES string of the molecule is CSCCN(CCSC)Cc1ccccn1. The van der Waals surface area contributed by atoms with Gasteiger partial charge in [-0.1, -0.05) is 6.07 Å². The first-order valence-electron chi connectivity index (χ1n) is 5.47. The Morgan fingerprint density at radius 1 is 1.12 bits per heavy atom. The number of thioether (sulfide) groups is 2. The molecule has 0 aliphatic heterocycles. The van der Waals surface area contributed by atoms with Crippen molar-refractivity contribution in [3.63, 3.8) is 0 Å². The molecule has 0 radical (unpaired) electrons. The van der Waals surface area contributed by atoms with Crippen LogP contribution in [-0.4, -0.2) is 47.0 Å². The van der Waals surface area contributed by atoms with Gasteiger partial charge in [-0.15, -0.1) is 0 Å². The maximum absolute atomic E-state index is 4.38. The van der Waals surface area contributed by atoms with E-state index in [4.69, 9.17) is 0 Å². The third-order valence-electron chi connectivity index (χ3n) is 2.34. The van der Waals surface area contributed by atoms with Crippen molar-refractivity contribution in [2.75, 3.05) is 37.1 Å². The van der Waals surface area contributed by atoms with Crippen LogP contribution in [-0.2, 0) is 6.54 Å². The first kappa shape index (κ1) is 13.9. The normalized spacial score (nSPS) is 10.9. The van der Waals surface area contributed by atoms with E-state index in [1.54, 1.807) is 0 Å². The van der Waals surface area contributed by atoms with Crippen molar-refractivity contribution in [2.24, 2.45) is 0 Å². The molecular formula is C12H20N2S2. The molecule has 0 unspecified atom stereocenters. The Bertz CT molecular complexity index is 259. The number of pyridine rings is 1. The summed E-state index contributed by atoms with van der Waals surface area (Å²) in [7, 11) is 0. The Morgan fingerprint density at radius 3 is 2.31 bits per heavy atom. The summed E-state index contributed by atoms with van der Waals surface area (Å²) in [6, 6.07) is 6.13. The highest BCUT2D eigenvalue weighted by Crippen LogP contribution is 2.04. The zero-order valence-corrected chi connectivity index (χ0v) is 11.7. The Balaban J connectivity index is 2.42. The number of aromatic nitrogens is 1. The fourth-order valence-electron chi connectivity index (χ4n) is 1.43. The summed E-state index contributed by atoms with van der Waals surface area (Å²) in [6.45, 7) is 3.28. The Morgan fingerprint density at radius 2 is 1.81 bits per heavy atom. The van der Waals surface area contributed by atoms with E-state index >= 15 is 0 Å². The van der Waals surface area contributed by atoms with Crippen LogP contribution in [0.4, 0.5) is 0 Å². The van der Waals surface area contributed by atoms with Crippen LogP contribution in [0.2, 0.25) is 0 Å². The van der Waals surface area contributed by atoms with Crippen molar-refractivity contribution in [2.45, 2.75) is 6.54 Å². The average molecular weight is 256 g/mol. The van der Waals surface area contributed by atoms with Gasteiger partial charge in [0, 0.05) is 37.3 Å². The fraction of sp³-hybridized carbons (Fsp3) is 0.583. The molecule has 0 bridgehead atoms. The summed E-state index contributed by atoms with van der Waals surface area (Å²) in [4.78, 5) is 6.86. The summed E-state index contributed by atoms with van der Waals surface area (Å²) in [5.74, 6) is 2.39. The molecule has 2 nitrogen and oxygen atoms in total. The van der Waals surface area contributed by atoms with E-state index in [1.165, 1.54) is 17.2 Å². The summed E-state index contributed by atoms with van der Waals surface area (Å²) in [5.41, 5.74) is 1.17. The van der Waals surface area contributed by atoms with Gasteiger partial charge in [0.2, 0.25) is 0 Å². The Labute approximate surface area is 107 Å². The van der Waals surface area contributed by atoms with Gasteiger partial charge in [-0.25, -0.2) is 0 Å². The molecule has 0 amide bonds. The van der Waals surface area contributed by atoms with Crippen LogP contribution in [0.5, 0.6) is 0 Å². The van der Waals surface area contributed by atoms with Crippen LogP contribution in [0.3, 0.4) is 0 Å². The van der Waals surface area contributed by atoms with E-state index < -0.39 is 0 Å². The van der Waals surface area contributed by atoms with Crippen molar-refractivity contribution in [3.8, 4) is 0 Å². The van der Waals surface area contributed by atoms with Crippen molar-refractivity contribution in [1.29, 1.82) is 0 Å². The second kappa shape index (κ2) is 8.90. The minimum absolute atomic E-state index is 0.974. The predicted molar refractivity (Wildman–Crippen MR) is 76.3 cm³/mol. The van der Waals surface area contributed by atoms with E-state index in [-0.39, 0.29) is 0 Å². The first-order valence-corrected chi connectivity index (χ1v) is 8.25. The van der Waals surface area contributed by atoms with Crippen LogP contribution in [0, 0.1) is 0 Å². The molecule has 1 rings (SSSR count). The standard InChI is InChI=1S/C12H20N2S2/c1-15-9-7-14(8-10-16-2)11-12-5-3-4-6-13-12/h3-6H,7-11H2,1-2H3. The van der Waals surface area contributed by atoms with Crippen molar-refractivity contribution < 1.29 is 0 Å². The summed E-state index contributed by atoms with van der Waals surface area (Å²) < 4.78 is 0. The lowest BCUT2D eigenvalue weighted by Crippen LogP contribution is -2.28. The molecule has 0 saturated heterocycles. The molecule has 90 valence electrons. The van der Waals surface area contributed by atoms with Crippen molar-refractivity contribution in [1.82, 2.24) is 9.88 Å². The minimum atomic E-state index is 0.974. The maximum atomic E-state index is 4.38. The average Bonchev–Trinajstić information content (AvgIpc) is 2.34. The number of rotatable bonds is 8. The van der Waals surface area contributed by atoms with E-state index in [0.717, 1.165) is 19.6 Å². The maximum Gasteiger partial charge on any atom is 0.0543 e. The molecule has 0 saturated carbocycles.